The Balaban J connectivity index is 1.99. The smallest absolute Gasteiger partial charge is 0.397 e. The van der Waals surface area contributed by atoms with E-state index in [9.17, 15) is 14.4 Å². The molecule has 2 amide bonds. The van der Waals surface area contributed by atoms with Crippen LogP contribution in [0.3, 0.4) is 0 Å². The molecule has 1 unspecified atom stereocenters. The third-order valence-corrected chi connectivity index (χ3v) is 3.39. The molecule has 1 aliphatic heterocycles. The van der Waals surface area contributed by atoms with Crippen LogP contribution in [0.5, 0.6) is 0 Å². The van der Waals surface area contributed by atoms with Crippen molar-refractivity contribution in [3.63, 3.8) is 0 Å². The van der Waals surface area contributed by atoms with Crippen LogP contribution in [0.2, 0.25) is 0 Å². The van der Waals surface area contributed by atoms with Gasteiger partial charge in [-0.25, -0.2) is 4.79 Å². The van der Waals surface area contributed by atoms with Gasteiger partial charge in [-0.05, 0) is 31.9 Å². The number of amides is 2. The molecule has 1 heterocycles. The van der Waals surface area contributed by atoms with Crippen LogP contribution < -0.4 is 10.6 Å². The number of benzene rings is 1. The zero-order valence-electron chi connectivity index (χ0n) is 13.0. The fraction of sp³-hybridized carbons (Fsp3) is 0.438. The number of carbonyl (C=O) groups excluding carboxylic acids is 3. The van der Waals surface area contributed by atoms with Crippen molar-refractivity contribution >= 4 is 23.5 Å². The third-order valence-electron chi connectivity index (χ3n) is 3.39. The van der Waals surface area contributed by atoms with Crippen LogP contribution in [-0.2, 0) is 19.1 Å². The van der Waals surface area contributed by atoms with E-state index in [1.165, 1.54) is 0 Å². The number of carbonyl (C=O) groups is 3. The Morgan fingerprint density at radius 1 is 1.30 bits per heavy atom. The van der Waals surface area contributed by atoms with Gasteiger partial charge < -0.3 is 20.1 Å². The summed E-state index contributed by atoms with van der Waals surface area (Å²) in [5.41, 5.74) is 0.540. The molecule has 0 aromatic heterocycles. The summed E-state index contributed by atoms with van der Waals surface area (Å²) >= 11 is 0. The zero-order chi connectivity index (χ0) is 16.7. The van der Waals surface area contributed by atoms with Gasteiger partial charge in [0.05, 0.1) is 24.0 Å². The van der Waals surface area contributed by atoms with Gasteiger partial charge in [-0.1, -0.05) is 12.1 Å². The minimum atomic E-state index is -0.984. The number of ether oxygens (including phenoxy) is 2. The second kappa shape index (κ2) is 8.28. The lowest BCUT2D eigenvalue weighted by molar-refractivity contribution is -0.152. The fourth-order valence-corrected chi connectivity index (χ4v) is 2.27. The first kappa shape index (κ1) is 17.0. The summed E-state index contributed by atoms with van der Waals surface area (Å²) in [6.45, 7) is 2.85. The molecular formula is C16H20N2O5. The number of esters is 1. The van der Waals surface area contributed by atoms with Crippen molar-refractivity contribution in [1.82, 2.24) is 5.32 Å². The Hall–Kier alpha value is -2.41. The minimum Gasteiger partial charge on any atom is -0.459 e. The molecule has 2 N–H and O–H groups in total. The highest BCUT2D eigenvalue weighted by molar-refractivity contribution is 6.37. The van der Waals surface area contributed by atoms with Crippen LogP contribution in [0.4, 0.5) is 5.69 Å². The van der Waals surface area contributed by atoms with Gasteiger partial charge >= 0.3 is 11.9 Å². The Kier molecular flexibility index (Phi) is 6.10. The summed E-state index contributed by atoms with van der Waals surface area (Å²) < 4.78 is 10.1. The van der Waals surface area contributed by atoms with E-state index < -0.39 is 11.9 Å². The van der Waals surface area contributed by atoms with Crippen LogP contribution in [0, 0.1) is 0 Å². The Morgan fingerprint density at radius 2 is 2.09 bits per heavy atom. The molecule has 0 spiro atoms. The quantitative estimate of drug-likeness (QED) is 0.626. The second-order valence-corrected chi connectivity index (χ2v) is 5.07. The van der Waals surface area contributed by atoms with E-state index in [0.717, 1.165) is 12.8 Å². The van der Waals surface area contributed by atoms with Gasteiger partial charge in [-0.15, -0.1) is 0 Å². The lowest BCUT2D eigenvalue weighted by atomic mass is 10.1. The predicted octanol–water partition coefficient (Wildman–Crippen LogP) is 1.10. The summed E-state index contributed by atoms with van der Waals surface area (Å²) in [5, 5.41) is 5.18. The topological polar surface area (TPSA) is 93.7 Å². The highest BCUT2D eigenvalue weighted by atomic mass is 16.5. The summed E-state index contributed by atoms with van der Waals surface area (Å²) in [5.74, 6) is -2.23. The first-order valence-electron chi connectivity index (χ1n) is 7.58. The lowest BCUT2D eigenvalue weighted by Gasteiger charge is -2.13. The SMILES string of the molecule is CCOC(=O)C(=O)Nc1ccccc1C(=O)NCC1CCCO1. The van der Waals surface area contributed by atoms with E-state index in [0.29, 0.717) is 13.2 Å². The van der Waals surface area contributed by atoms with Crippen molar-refractivity contribution in [3.05, 3.63) is 29.8 Å². The average molecular weight is 320 g/mol. The van der Waals surface area contributed by atoms with E-state index in [1.54, 1.807) is 31.2 Å². The molecule has 7 heteroatoms. The van der Waals surface area contributed by atoms with E-state index in [4.69, 9.17) is 4.74 Å². The number of anilines is 1. The molecule has 1 aromatic rings. The van der Waals surface area contributed by atoms with Crippen LogP contribution in [0.25, 0.3) is 0 Å². The van der Waals surface area contributed by atoms with Crippen molar-refractivity contribution in [3.8, 4) is 0 Å². The number of hydrogen-bond donors (Lipinski definition) is 2. The Bertz CT molecular complexity index is 582. The summed E-state index contributed by atoms with van der Waals surface area (Å²) in [6.07, 6.45) is 1.94. The molecule has 1 aromatic carbocycles. The number of nitrogens with one attached hydrogen (secondary N) is 2. The van der Waals surface area contributed by atoms with Crippen molar-refractivity contribution < 1.29 is 23.9 Å². The van der Waals surface area contributed by atoms with Crippen molar-refractivity contribution in [2.45, 2.75) is 25.9 Å². The summed E-state index contributed by atoms with van der Waals surface area (Å²) in [6, 6.07) is 6.47. The Labute approximate surface area is 134 Å². The molecule has 0 bridgehead atoms. The molecule has 0 aliphatic carbocycles. The van der Waals surface area contributed by atoms with Gasteiger partial charge in [0, 0.05) is 13.2 Å². The molecule has 1 aliphatic rings. The second-order valence-electron chi connectivity index (χ2n) is 5.07. The average Bonchev–Trinajstić information content (AvgIpc) is 3.06. The summed E-state index contributed by atoms with van der Waals surface area (Å²) in [7, 11) is 0. The van der Waals surface area contributed by atoms with Gasteiger partial charge in [0.1, 0.15) is 0 Å². The van der Waals surface area contributed by atoms with E-state index in [1.807, 2.05) is 0 Å². The normalized spacial score (nSPS) is 16.7. The van der Waals surface area contributed by atoms with Gasteiger partial charge in [-0.2, -0.15) is 0 Å². The molecule has 1 atom stereocenters. The van der Waals surface area contributed by atoms with Crippen LogP contribution in [0.1, 0.15) is 30.1 Å². The lowest BCUT2D eigenvalue weighted by Crippen LogP contribution is -2.33. The molecule has 1 saturated heterocycles. The van der Waals surface area contributed by atoms with Gasteiger partial charge in [0.15, 0.2) is 0 Å². The number of para-hydroxylation sites is 1. The van der Waals surface area contributed by atoms with E-state index >= 15 is 0 Å². The van der Waals surface area contributed by atoms with Crippen LogP contribution >= 0.6 is 0 Å². The standard InChI is InChI=1S/C16H20N2O5/c1-2-22-16(21)15(20)18-13-8-4-3-7-12(13)14(19)17-10-11-6-5-9-23-11/h3-4,7-8,11H,2,5-6,9-10H2,1H3,(H,17,19)(H,18,20). The van der Waals surface area contributed by atoms with Crippen molar-refractivity contribution in [2.75, 3.05) is 25.1 Å². The molecule has 23 heavy (non-hydrogen) atoms. The molecule has 0 radical (unpaired) electrons. The molecule has 1 fully saturated rings. The Morgan fingerprint density at radius 3 is 2.78 bits per heavy atom. The maximum absolute atomic E-state index is 12.3. The minimum absolute atomic E-state index is 0.0280. The first-order chi connectivity index (χ1) is 11.1. The first-order valence-corrected chi connectivity index (χ1v) is 7.58. The third kappa shape index (κ3) is 4.79. The largest absolute Gasteiger partial charge is 0.459 e. The summed E-state index contributed by atoms with van der Waals surface area (Å²) in [4.78, 5) is 35.3. The predicted molar refractivity (Wildman–Crippen MR) is 83.0 cm³/mol. The van der Waals surface area contributed by atoms with Gasteiger partial charge in [0.25, 0.3) is 5.91 Å². The molecule has 2 rings (SSSR count). The van der Waals surface area contributed by atoms with Gasteiger partial charge in [0.2, 0.25) is 0 Å². The highest BCUT2D eigenvalue weighted by Crippen LogP contribution is 2.16. The molecule has 7 nitrogen and oxygen atoms in total. The van der Waals surface area contributed by atoms with Crippen molar-refractivity contribution in [1.29, 1.82) is 0 Å². The molecule has 124 valence electrons. The number of hydrogen-bond acceptors (Lipinski definition) is 5. The highest BCUT2D eigenvalue weighted by Gasteiger charge is 2.20. The number of rotatable bonds is 5. The molecular weight excluding hydrogens is 300 g/mol. The van der Waals surface area contributed by atoms with Gasteiger partial charge in [-0.3, -0.25) is 9.59 Å². The monoisotopic (exact) mass is 320 g/mol. The van der Waals surface area contributed by atoms with Crippen LogP contribution in [0.15, 0.2) is 24.3 Å². The molecule has 0 saturated carbocycles. The van der Waals surface area contributed by atoms with Crippen LogP contribution in [-0.4, -0.2) is 43.6 Å². The van der Waals surface area contributed by atoms with Crippen molar-refractivity contribution in [2.24, 2.45) is 0 Å². The van der Waals surface area contributed by atoms with E-state index in [2.05, 4.69) is 15.4 Å². The van der Waals surface area contributed by atoms with E-state index in [-0.39, 0.29) is 29.9 Å². The zero-order valence-corrected chi connectivity index (χ0v) is 13.0. The fourth-order valence-electron chi connectivity index (χ4n) is 2.27. The maximum atomic E-state index is 12.3. The maximum Gasteiger partial charge on any atom is 0.397 e.